The molecule has 2 heterocycles. The maximum Gasteiger partial charge on any atom is 0.433 e. The molecule has 0 saturated carbocycles. The van der Waals surface area contributed by atoms with Gasteiger partial charge in [-0.05, 0) is 54.3 Å². The zero-order chi connectivity index (χ0) is 21.4. The van der Waals surface area contributed by atoms with Gasteiger partial charge in [-0.15, -0.1) is 10.2 Å². The molecule has 0 aliphatic carbocycles. The Morgan fingerprint density at radius 3 is 2.37 bits per heavy atom. The van der Waals surface area contributed by atoms with Crippen LogP contribution in [0.3, 0.4) is 0 Å². The standard InChI is InChI=1S/C21H19N5O4/c1-12(2)14-4-6-15(7-5-14)25-23-17-10-13(3)16(11-18(17)24-25)22-21(27)19-8-9-20(30-19)26(28)29/h4-12H,1-3H3,(H,22,27). The van der Waals surface area contributed by atoms with Crippen molar-refractivity contribution in [2.45, 2.75) is 26.7 Å². The van der Waals surface area contributed by atoms with Crippen molar-refractivity contribution >= 4 is 28.5 Å². The minimum atomic E-state index is -0.694. The number of rotatable bonds is 5. The van der Waals surface area contributed by atoms with Crippen LogP contribution in [0.5, 0.6) is 0 Å². The van der Waals surface area contributed by atoms with Crippen molar-refractivity contribution < 1.29 is 14.1 Å². The zero-order valence-corrected chi connectivity index (χ0v) is 16.6. The summed E-state index contributed by atoms with van der Waals surface area (Å²) in [5.41, 5.74) is 4.66. The van der Waals surface area contributed by atoms with Crippen LogP contribution in [-0.2, 0) is 0 Å². The highest BCUT2D eigenvalue weighted by Crippen LogP contribution is 2.24. The third kappa shape index (κ3) is 3.64. The molecule has 0 radical (unpaired) electrons. The Kier molecular flexibility index (Phi) is 4.78. The summed E-state index contributed by atoms with van der Waals surface area (Å²) in [6.45, 7) is 6.10. The number of nitrogens with zero attached hydrogens (tertiary/aromatic N) is 4. The minimum absolute atomic E-state index is 0.143. The van der Waals surface area contributed by atoms with Crippen LogP contribution < -0.4 is 5.32 Å². The van der Waals surface area contributed by atoms with E-state index in [4.69, 9.17) is 4.42 Å². The molecule has 0 unspecified atom stereocenters. The predicted octanol–water partition coefficient (Wildman–Crippen LogP) is 4.61. The fourth-order valence-corrected chi connectivity index (χ4v) is 3.04. The Morgan fingerprint density at radius 2 is 1.77 bits per heavy atom. The summed E-state index contributed by atoms with van der Waals surface area (Å²) in [5, 5.41) is 22.5. The number of nitro groups is 1. The van der Waals surface area contributed by atoms with Gasteiger partial charge in [0.25, 0.3) is 5.91 Å². The number of hydrogen-bond acceptors (Lipinski definition) is 6. The first kappa shape index (κ1) is 19.3. The van der Waals surface area contributed by atoms with E-state index in [9.17, 15) is 14.9 Å². The lowest BCUT2D eigenvalue weighted by atomic mass is 10.0. The Labute approximate surface area is 171 Å². The summed E-state index contributed by atoms with van der Waals surface area (Å²) in [7, 11) is 0. The molecule has 4 aromatic rings. The second-order valence-electron chi connectivity index (χ2n) is 7.24. The Morgan fingerprint density at radius 1 is 1.10 bits per heavy atom. The van der Waals surface area contributed by atoms with Crippen molar-refractivity contribution in [1.29, 1.82) is 0 Å². The van der Waals surface area contributed by atoms with Gasteiger partial charge in [0, 0.05) is 5.69 Å². The van der Waals surface area contributed by atoms with Crippen LogP contribution in [0.1, 0.15) is 41.4 Å². The van der Waals surface area contributed by atoms with Gasteiger partial charge in [0.1, 0.15) is 16.0 Å². The maximum absolute atomic E-state index is 12.4. The zero-order valence-electron chi connectivity index (χ0n) is 16.6. The van der Waals surface area contributed by atoms with Gasteiger partial charge >= 0.3 is 5.88 Å². The summed E-state index contributed by atoms with van der Waals surface area (Å²) in [6, 6.07) is 14.0. The van der Waals surface area contributed by atoms with Gasteiger partial charge in [-0.25, -0.2) is 0 Å². The third-order valence-corrected chi connectivity index (χ3v) is 4.76. The summed E-state index contributed by atoms with van der Waals surface area (Å²) in [4.78, 5) is 24.0. The lowest BCUT2D eigenvalue weighted by Crippen LogP contribution is -2.11. The molecule has 0 aliphatic rings. The maximum atomic E-state index is 12.4. The van der Waals surface area contributed by atoms with Crippen LogP contribution in [0.15, 0.2) is 52.9 Å². The first-order chi connectivity index (χ1) is 14.3. The van der Waals surface area contributed by atoms with Crippen LogP contribution in [0, 0.1) is 17.0 Å². The number of hydrogen-bond donors (Lipinski definition) is 1. The molecule has 9 nitrogen and oxygen atoms in total. The molecule has 2 aromatic carbocycles. The number of anilines is 1. The number of amides is 1. The Balaban J connectivity index is 1.61. The number of aryl methyl sites for hydroxylation is 1. The second kappa shape index (κ2) is 7.43. The average Bonchev–Trinajstić information content (AvgIpc) is 3.35. The van der Waals surface area contributed by atoms with Crippen LogP contribution in [-0.4, -0.2) is 25.8 Å². The highest BCUT2D eigenvalue weighted by Gasteiger charge is 2.18. The lowest BCUT2D eigenvalue weighted by Gasteiger charge is -2.06. The van der Waals surface area contributed by atoms with Crippen molar-refractivity contribution in [1.82, 2.24) is 15.0 Å². The van der Waals surface area contributed by atoms with E-state index in [2.05, 4.69) is 29.4 Å². The number of benzene rings is 2. The number of nitrogens with one attached hydrogen (secondary N) is 1. The molecule has 30 heavy (non-hydrogen) atoms. The average molecular weight is 405 g/mol. The van der Waals surface area contributed by atoms with Gasteiger partial charge in [0.2, 0.25) is 0 Å². The van der Waals surface area contributed by atoms with E-state index < -0.39 is 16.7 Å². The van der Waals surface area contributed by atoms with E-state index in [0.717, 1.165) is 17.3 Å². The second-order valence-corrected chi connectivity index (χ2v) is 7.24. The summed E-state index contributed by atoms with van der Waals surface area (Å²) < 4.78 is 4.95. The Bertz CT molecular complexity index is 1250. The third-order valence-electron chi connectivity index (χ3n) is 4.76. The van der Waals surface area contributed by atoms with Crippen LogP contribution in [0.4, 0.5) is 11.6 Å². The molecule has 0 bridgehead atoms. The fourth-order valence-electron chi connectivity index (χ4n) is 3.04. The molecule has 1 amide bonds. The van der Waals surface area contributed by atoms with Gasteiger partial charge in [-0.1, -0.05) is 26.0 Å². The van der Waals surface area contributed by atoms with Crippen molar-refractivity contribution in [3.8, 4) is 5.69 Å². The topological polar surface area (TPSA) is 116 Å². The first-order valence-electron chi connectivity index (χ1n) is 9.35. The van der Waals surface area contributed by atoms with E-state index >= 15 is 0 Å². The molecule has 0 saturated heterocycles. The van der Waals surface area contributed by atoms with Crippen LogP contribution >= 0.6 is 0 Å². The SMILES string of the molecule is Cc1cc2nn(-c3ccc(C(C)C)cc3)nc2cc1NC(=O)c1ccc([N+](=O)[O-])o1. The number of fused-ring (bicyclic) bond motifs is 1. The van der Waals surface area contributed by atoms with Gasteiger partial charge in [0.15, 0.2) is 5.76 Å². The lowest BCUT2D eigenvalue weighted by molar-refractivity contribution is -0.402. The van der Waals surface area contributed by atoms with Gasteiger partial charge in [-0.2, -0.15) is 4.80 Å². The molecule has 0 fully saturated rings. The van der Waals surface area contributed by atoms with Crippen LogP contribution in [0.25, 0.3) is 16.7 Å². The molecule has 9 heteroatoms. The van der Waals surface area contributed by atoms with E-state index in [1.54, 1.807) is 10.9 Å². The molecule has 0 atom stereocenters. The minimum Gasteiger partial charge on any atom is -0.395 e. The quantitative estimate of drug-likeness (QED) is 0.383. The van der Waals surface area contributed by atoms with Crippen molar-refractivity contribution in [2.24, 2.45) is 0 Å². The highest BCUT2D eigenvalue weighted by atomic mass is 16.6. The molecule has 0 spiro atoms. The molecular weight excluding hydrogens is 386 g/mol. The predicted molar refractivity (Wildman–Crippen MR) is 111 cm³/mol. The van der Waals surface area contributed by atoms with Gasteiger partial charge in [-0.3, -0.25) is 14.9 Å². The normalized spacial score (nSPS) is 11.2. The van der Waals surface area contributed by atoms with E-state index in [-0.39, 0.29) is 5.76 Å². The Hall–Kier alpha value is -4.01. The van der Waals surface area contributed by atoms with E-state index in [1.165, 1.54) is 11.6 Å². The number of furan rings is 1. The van der Waals surface area contributed by atoms with Crippen LogP contribution in [0.2, 0.25) is 0 Å². The van der Waals surface area contributed by atoms with Gasteiger partial charge < -0.3 is 9.73 Å². The first-order valence-corrected chi connectivity index (χ1v) is 9.35. The summed E-state index contributed by atoms with van der Waals surface area (Å²) in [5.74, 6) is -0.774. The highest BCUT2D eigenvalue weighted by molar-refractivity contribution is 6.03. The molecule has 1 N–H and O–H groups in total. The van der Waals surface area contributed by atoms with E-state index in [1.807, 2.05) is 37.3 Å². The van der Waals surface area contributed by atoms with Gasteiger partial charge in [0.05, 0.1) is 11.8 Å². The number of carbonyl (C=O) groups is 1. The number of aromatic nitrogens is 3. The molecular formula is C21H19N5O4. The number of carbonyl (C=O) groups excluding carboxylic acids is 1. The largest absolute Gasteiger partial charge is 0.433 e. The smallest absolute Gasteiger partial charge is 0.395 e. The van der Waals surface area contributed by atoms with Crippen molar-refractivity contribution in [3.63, 3.8) is 0 Å². The summed E-state index contributed by atoms with van der Waals surface area (Å²) >= 11 is 0. The van der Waals surface area contributed by atoms with E-state index in [0.29, 0.717) is 22.6 Å². The summed E-state index contributed by atoms with van der Waals surface area (Å²) in [6.07, 6.45) is 0. The van der Waals surface area contributed by atoms with Crippen molar-refractivity contribution in [3.05, 3.63) is 75.5 Å². The molecule has 0 aliphatic heterocycles. The monoisotopic (exact) mass is 405 g/mol. The molecule has 2 aromatic heterocycles. The molecule has 4 rings (SSSR count). The van der Waals surface area contributed by atoms with Crippen molar-refractivity contribution in [2.75, 3.05) is 5.32 Å². The molecule has 152 valence electrons. The fraction of sp³-hybridized carbons (Fsp3) is 0.190.